The average Bonchev–Trinajstić information content (AvgIpc) is 2.41. The Morgan fingerprint density at radius 2 is 0.857 bits per heavy atom. The second kappa shape index (κ2) is 13.6. The second-order valence-corrected chi connectivity index (χ2v) is 8.80. The summed E-state index contributed by atoms with van der Waals surface area (Å²) in [6.45, 7) is 15.0. The molecule has 0 amide bonds. The van der Waals surface area contributed by atoms with Gasteiger partial charge >= 0.3 is 0 Å². The standard InChI is InChI=1S/C11H24.C10H22/c1-5-6-7-8-9-10-11(2,3)4;1-5-6-7-8-9-10(2,3)4/h5-10H2,1-4H3;5-9H2,1-4H3/i2*1D. The van der Waals surface area contributed by atoms with Crippen molar-refractivity contribution in [2.45, 2.75) is 126 Å². The van der Waals surface area contributed by atoms with E-state index in [1.54, 1.807) is 0 Å². The second-order valence-electron chi connectivity index (χ2n) is 8.80. The molecular formula is C21H46. The summed E-state index contributed by atoms with van der Waals surface area (Å²) in [7, 11) is 0. The fraction of sp³-hybridized carbons (Fsp3) is 1.00. The molecule has 0 bridgehead atoms. The van der Waals surface area contributed by atoms with E-state index in [-0.39, 0.29) is 0 Å². The van der Waals surface area contributed by atoms with Crippen LogP contribution in [0.2, 0.25) is 0 Å². The summed E-state index contributed by atoms with van der Waals surface area (Å²) < 4.78 is 13.9. The van der Waals surface area contributed by atoms with Gasteiger partial charge in [0.15, 0.2) is 0 Å². The van der Waals surface area contributed by atoms with Crippen molar-refractivity contribution in [3.05, 3.63) is 0 Å². The van der Waals surface area contributed by atoms with Crippen LogP contribution in [-0.4, -0.2) is 0 Å². The topological polar surface area (TPSA) is 0 Å². The van der Waals surface area contributed by atoms with Crippen molar-refractivity contribution >= 4 is 0 Å². The molecule has 0 radical (unpaired) electrons. The van der Waals surface area contributed by atoms with E-state index in [0.717, 1.165) is 12.8 Å². The van der Waals surface area contributed by atoms with Gasteiger partial charge in [-0.1, -0.05) is 113 Å². The molecule has 0 aromatic rings. The van der Waals surface area contributed by atoms with Crippen LogP contribution in [0, 0.1) is 10.8 Å². The fourth-order valence-corrected chi connectivity index (χ4v) is 2.19. The summed E-state index contributed by atoms with van der Waals surface area (Å²) in [5.74, 6) is 0. The molecule has 0 heterocycles. The van der Waals surface area contributed by atoms with Crippen LogP contribution in [0.1, 0.15) is 129 Å². The lowest BCUT2D eigenvalue weighted by Crippen LogP contribution is -2.03. The monoisotopic (exact) mass is 300 g/mol. The molecule has 0 N–H and O–H groups in total. The maximum atomic E-state index is 6.98. The highest BCUT2D eigenvalue weighted by atomic mass is 14.1. The van der Waals surface area contributed by atoms with E-state index in [0.29, 0.717) is 24.6 Å². The molecule has 0 atom stereocenters. The molecule has 0 unspecified atom stereocenters. The summed E-state index contributed by atoms with van der Waals surface area (Å²) in [6.07, 6.45) is 14.1. The molecule has 0 heteroatoms. The molecule has 0 aliphatic rings. The van der Waals surface area contributed by atoms with Crippen LogP contribution < -0.4 is 0 Å². The largest absolute Gasteiger partial charge is 0.0654 e. The number of hydrogen-bond donors (Lipinski definition) is 0. The van der Waals surface area contributed by atoms with Crippen LogP contribution in [0.4, 0.5) is 0 Å². The molecule has 21 heavy (non-hydrogen) atoms. The molecular weight excluding hydrogens is 252 g/mol. The third-order valence-electron chi connectivity index (χ3n) is 3.60. The van der Waals surface area contributed by atoms with Crippen LogP contribution in [0.15, 0.2) is 0 Å². The molecule has 0 nitrogen and oxygen atoms in total. The van der Waals surface area contributed by atoms with Crippen molar-refractivity contribution in [2.24, 2.45) is 10.8 Å². The first kappa shape index (κ1) is 19.0. The third-order valence-corrected chi connectivity index (χ3v) is 3.60. The highest BCUT2D eigenvalue weighted by Gasteiger charge is 2.08. The zero-order valence-corrected chi connectivity index (χ0v) is 16.2. The van der Waals surface area contributed by atoms with Crippen molar-refractivity contribution in [2.75, 3.05) is 0 Å². The maximum absolute atomic E-state index is 6.98. The first-order valence-electron chi connectivity index (χ1n) is 10.6. The summed E-state index contributed by atoms with van der Waals surface area (Å²) in [4.78, 5) is 0. The Balaban J connectivity index is 0. The zero-order valence-electron chi connectivity index (χ0n) is 18.2. The SMILES string of the molecule is [2H]CCCCCCC(C)(C)C.[2H]CCCCCCCC(C)(C)C. The van der Waals surface area contributed by atoms with E-state index in [1.807, 2.05) is 0 Å². The van der Waals surface area contributed by atoms with Gasteiger partial charge in [0.05, 0.1) is 0 Å². The van der Waals surface area contributed by atoms with E-state index in [1.165, 1.54) is 57.8 Å². The van der Waals surface area contributed by atoms with Gasteiger partial charge in [0.1, 0.15) is 0 Å². The predicted octanol–water partition coefficient (Wildman–Crippen LogP) is 8.40. The quantitative estimate of drug-likeness (QED) is 0.375. The first-order chi connectivity index (χ1) is 10.6. The fourth-order valence-electron chi connectivity index (χ4n) is 2.19. The highest BCUT2D eigenvalue weighted by Crippen LogP contribution is 2.22. The van der Waals surface area contributed by atoms with E-state index in [4.69, 9.17) is 2.74 Å². The Bertz CT molecular complexity index is 223. The average molecular weight is 301 g/mol. The van der Waals surface area contributed by atoms with Gasteiger partial charge in [0, 0.05) is 2.74 Å². The lowest BCUT2D eigenvalue weighted by atomic mass is 9.89. The number of rotatable bonds is 9. The van der Waals surface area contributed by atoms with Gasteiger partial charge in [-0.25, -0.2) is 0 Å². The van der Waals surface area contributed by atoms with Gasteiger partial charge in [-0.15, -0.1) is 0 Å². The Labute approximate surface area is 140 Å². The summed E-state index contributed by atoms with van der Waals surface area (Å²) in [5.41, 5.74) is 1.01. The minimum atomic E-state index is 0.501. The smallest absolute Gasteiger partial charge is 0.0230 e. The van der Waals surface area contributed by atoms with Gasteiger partial charge < -0.3 is 0 Å². The van der Waals surface area contributed by atoms with Crippen molar-refractivity contribution in [1.29, 1.82) is 0 Å². The van der Waals surface area contributed by atoms with E-state index in [2.05, 4.69) is 41.5 Å². The van der Waals surface area contributed by atoms with E-state index in [9.17, 15) is 0 Å². The summed E-state index contributed by atoms with van der Waals surface area (Å²) in [5, 5.41) is 0. The highest BCUT2D eigenvalue weighted by molar-refractivity contribution is 4.61. The number of hydrogen-bond acceptors (Lipinski definition) is 0. The molecule has 0 aliphatic heterocycles. The lowest BCUT2D eigenvalue weighted by molar-refractivity contribution is 0.357. The Kier molecular flexibility index (Phi) is 12.4. The summed E-state index contributed by atoms with van der Waals surface area (Å²) in [6, 6.07) is 0. The van der Waals surface area contributed by atoms with Crippen molar-refractivity contribution in [1.82, 2.24) is 0 Å². The third kappa shape index (κ3) is 28.8. The van der Waals surface area contributed by atoms with Crippen LogP contribution in [0.3, 0.4) is 0 Å². The Morgan fingerprint density at radius 3 is 1.19 bits per heavy atom. The molecule has 0 rings (SSSR count). The van der Waals surface area contributed by atoms with Gasteiger partial charge in [0.2, 0.25) is 0 Å². The van der Waals surface area contributed by atoms with E-state index < -0.39 is 0 Å². The molecule has 0 aliphatic carbocycles. The zero-order chi connectivity index (χ0) is 18.2. The Hall–Kier alpha value is 0. The van der Waals surface area contributed by atoms with Crippen LogP contribution >= 0.6 is 0 Å². The van der Waals surface area contributed by atoms with Crippen LogP contribution in [-0.2, 0) is 0 Å². The molecule has 0 fully saturated rings. The first-order valence-corrected chi connectivity index (χ1v) is 9.21. The molecule has 0 aromatic carbocycles. The van der Waals surface area contributed by atoms with Crippen molar-refractivity contribution < 1.29 is 2.74 Å². The predicted molar refractivity (Wildman–Crippen MR) is 101 cm³/mol. The van der Waals surface area contributed by atoms with Gasteiger partial charge in [0.25, 0.3) is 0 Å². The maximum Gasteiger partial charge on any atom is 0.0230 e. The van der Waals surface area contributed by atoms with Crippen LogP contribution in [0.5, 0.6) is 0 Å². The normalized spacial score (nSPS) is 13.2. The molecule has 0 spiro atoms. The number of unbranched alkanes of at least 4 members (excludes halogenated alkanes) is 7. The molecule has 0 saturated heterocycles. The minimum Gasteiger partial charge on any atom is -0.0654 e. The van der Waals surface area contributed by atoms with Gasteiger partial charge in [-0.2, -0.15) is 0 Å². The molecule has 0 saturated carbocycles. The molecule has 0 aromatic heterocycles. The lowest BCUT2D eigenvalue weighted by Gasteiger charge is -2.17. The van der Waals surface area contributed by atoms with Crippen LogP contribution in [0.25, 0.3) is 0 Å². The summed E-state index contributed by atoms with van der Waals surface area (Å²) >= 11 is 0. The van der Waals surface area contributed by atoms with Crippen molar-refractivity contribution in [3.8, 4) is 0 Å². The minimum absolute atomic E-state index is 0.501. The van der Waals surface area contributed by atoms with Gasteiger partial charge in [-0.3, -0.25) is 0 Å². The Morgan fingerprint density at radius 1 is 0.524 bits per heavy atom. The molecule has 130 valence electrons. The van der Waals surface area contributed by atoms with Crippen molar-refractivity contribution in [3.63, 3.8) is 0 Å². The van der Waals surface area contributed by atoms with E-state index >= 15 is 0 Å². The van der Waals surface area contributed by atoms with Gasteiger partial charge in [-0.05, 0) is 23.7 Å².